The van der Waals surface area contributed by atoms with Gasteiger partial charge in [0.2, 0.25) is 0 Å². The highest BCUT2D eigenvalue weighted by Gasteiger charge is 2.12. The van der Waals surface area contributed by atoms with E-state index in [1.807, 2.05) is 19.3 Å². The Kier molecular flexibility index (Phi) is 2.70. The molecule has 0 saturated carbocycles. The van der Waals surface area contributed by atoms with Gasteiger partial charge in [-0.1, -0.05) is 13.3 Å². The zero-order valence-corrected chi connectivity index (χ0v) is 11.0. The van der Waals surface area contributed by atoms with Crippen molar-refractivity contribution in [2.45, 2.75) is 19.8 Å². The summed E-state index contributed by atoms with van der Waals surface area (Å²) in [5.74, 6) is 0.614. The first kappa shape index (κ1) is 11.7. The van der Waals surface area contributed by atoms with E-state index in [2.05, 4.69) is 22.1 Å². The lowest BCUT2D eigenvalue weighted by atomic mass is 10.2. The molecular formula is C13H16N6. The monoisotopic (exact) mass is 256 g/mol. The Bertz CT molecular complexity index is 724. The Labute approximate surface area is 110 Å². The molecule has 3 rings (SSSR count). The van der Waals surface area contributed by atoms with E-state index in [9.17, 15) is 0 Å². The van der Waals surface area contributed by atoms with E-state index < -0.39 is 0 Å². The third kappa shape index (κ3) is 1.95. The van der Waals surface area contributed by atoms with Crippen molar-refractivity contribution >= 4 is 11.5 Å². The van der Waals surface area contributed by atoms with E-state index >= 15 is 0 Å². The fourth-order valence-corrected chi connectivity index (χ4v) is 2.19. The van der Waals surface area contributed by atoms with E-state index in [0.29, 0.717) is 5.82 Å². The maximum atomic E-state index is 6.02. The highest BCUT2D eigenvalue weighted by atomic mass is 15.3. The summed E-state index contributed by atoms with van der Waals surface area (Å²) in [6, 6.07) is 1.89. The molecule has 0 saturated heterocycles. The first-order chi connectivity index (χ1) is 9.19. The SMILES string of the molecule is CCCc1cc(N)n2ncc(-c3cnn(C)c3)c2n1. The molecule has 98 valence electrons. The van der Waals surface area contributed by atoms with Crippen molar-refractivity contribution in [2.75, 3.05) is 5.73 Å². The summed E-state index contributed by atoms with van der Waals surface area (Å²) >= 11 is 0. The van der Waals surface area contributed by atoms with Crippen LogP contribution >= 0.6 is 0 Å². The number of hydrogen-bond acceptors (Lipinski definition) is 4. The van der Waals surface area contributed by atoms with E-state index in [1.165, 1.54) is 0 Å². The van der Waals surface area contributed by atoms with Crippen molar-refractivity contribution in [3.63, 3.8) is 0 Å². The number of rotatable bonds is 3. The van der Waals surface area contributed by atoms with Crippen LogP contribution < -0.4 is 5.73 Å². The summed E-state index contributed by atoms with van der Waals surface area (Å²) in [6.45, 7) is 2.13. The summed E-state index contributed by atoms with van der Waals surface area (Å²) in [7, 11) is 1.89. The van der Waals surface area contributed by atoms with Gasteiger partial charge >= 0.3 is 0 Å². The van der Waals surface area contributed by atoms with Crippen molar-refractivity contribution in [3.05, 3.63) is 30.4 Å². The van der Waals surface area contributed by atoms with Crippen LogP contribution in [0.25, 0.3) is 16.8 Å². The molecule has 0 aliphatic heterocycles. The van der Waals surface area contributed by atoms with Crippen LogP contribution in [0.2, 0.25) is 0 Å². The number of anilines is 1. The zero-order chi connectivity index (χ0) is 13.4. The summed E-state index contributed by atoms with van der Waals surface area (Å²) in [6.07, 6.45) is 7.49. The average Bonchev–Trinajstić information content (AvgIpc) is 2.96. The van der Waals surface area contributed by atoms with E-state index in [1.54, 1.807) is 21.6 Å². The molecule has 0 aromatic carbocycles. The molecule has 2 N–H and O–H groups in total. The maximum absolute atomic E-state index is 6.02. The molecule has 0 aliphatic rings. The van der Waals surface area contributed by atoms with Gasteiger partial charge in [-0.2, -0.15) is 14.7 Å². The molecule has 0 bridgehead atoms. The van der Waals surface area contributed by atoms with Gasteiger partial charge in [0.1, 0.15) is 5.82 Å². The number of nitrogens with two attached hydrogens (primary N) is 1. The number of aryl methyl sites for hydroxylation is 2. The average molecular weight is 256 g/mol. The third-order valence-electron chi connectivity index (χ3n) is 3.07. The largest absolute Gasteiger partial charge is 0.384 e. The lowest BCUT2D eigenvalue weighted by Crippen LogP contribution is -2.03. The fourth-order valence-electron chi connectivity index (χ4n) is 2.19. The lowest BCUT2D eigenvalue weighted by molar-refractivity contribution is 0.768. The topological polar surface area (TPSA) is 74.0 Å². The van der Waals surface area contributed by atoms with Gasteiger partial charge in [0.05, 0.1) is 12.4 Å². The molecule has 0 amide bonds. The first-order valence-corrected chi connectivity index (χ1v) is 6.31. The molecule has 6 nitrogen and oxygen atoms in total. The Morgan fingerprint density at radius 3 is 2.79 bits per heavy atom. The highest BCUT2D eigenvalue weighted by molar-refractivity contribution is 5.77. The highest BCUT2D eigenvalue weighted by Crippen LogP contribution is 2.24. The van der Waals surface area contributed by atoms with Crippen molar-refractivity contribution in [3.8, 4) is 11.1 Å². The van der Waals surface area contributed by atoms with Gasteiger partial charge in [-0.25, -0.2) is 4.98 Å². The minimum Gasteiger partial charge on any atom is -0.384 e. The maximum Gasteiger partial charge on any atom is 0.165 e. The Morgan fingerprint density at radius 2 is 2.11 bits per heavy atom. The molecule has 0 fully saturated rings. The van der Waals surface area contributed by atoms with Crippen LogP contribution in [-0.2, 0) is 13.5 Å². The molecule has 19 heavy (non-hydrogen) atoms. The van der Waals surface area contributed by atoms with Gasteiger partial charge in [0.15, 0.2) is 5.65 Å². The number of fused-ring (bicyclic) bond motifs is 1. The van der Waals surface area contributed by atoms with Gasteiger partial charge in [-0.15, -0.1) is 0 Å². The quantitative estimate of drug-likeness (QED) is 0.773. The smallest absolute Gasteiger partial charge is 0.165 e. The van der Waals surface area contributed by atoms with E-state index in [4.69, 9.17) is 5.73 Å². The van der Waals surface area contributed by atoms with Crippen LogP contribution in [0.5, 0.6) is 0 Å². The number of nitrogen functional groups attached to an aromatic ring is 1. The molecule has 0 spiro atoms. The van der Waals surface area contributed by atoms with Crippen LogP contribution in [0.1, 0.15) is 19.0 Å². The van der Waals surface area contributed by atoms with Crippen molar-refractivity contribution in [2.24, 2.45) is 7.05 Å². The molecule has 0 radical (unpaired) electrons. The van der Waals surface area contributed by atoms with E-state index in [-0.39, 0.29) is 0 Å². The van der Waals surface area contributed by atoms with Crippen molar-refractivity contribution in [1.82, 2.24) is 24.4 Å². The number of hydrogen-bond donors (Lipinski definition) is 1. The van der Waals surface area contributed by atoms with Gasteiger partial charge in [-0.05, 0) is 6.42 Å². The predicted octanol–water partition coefficient (Wildman–Crippen LogP) is 1.66. The predicted molar refractivity (Wildman–Crippen MR) is 73.6 cm³/mol. The Hall–Kier alpha value is -2.37. The second-order valence-corrected chi connectivity index (χ2v) is 4.62. The molecule has 6 heteroatoms. The minimum atomic E-state index is 0.614. The van der Waals surface area contributed by atoms with Crippen LogP contribution in [0.4, 0.5) is 5.82 Å². The summed E-state index contributed by atoms with van der Waals surface area (Å²) in [4.78, 5) is 4.65. The molecule has 0 atom stereocenters. The van der Waals surface area contributed by atoms with Gasteiger partial charge in [0, 0.05) is 36.1 Å². The van der Waals surface area contributed by atoms with Crippen LogP contribution in [0.15, 0.2) is 24.7 Å². The summed E-state index contributed by atoms with van der Waals surface area (Å²) < 4.78 is 3.43. The molecule has 3 aromatic heterocycles. The standard InChI is InChI=1S/C13H16N6/c1-3-4-10-5-12(14)19-13(17-10)11(7-16-19)9-6-15-18(2)8-9/h5-8H,3-4,14H2,1-2H3. The molecule has 0 aliphatic carbocycles. The van der Waals surface area contributed by atoms with Gasteiger partial charge in [0.25, 0.3) is 0 Å². The Balaban J connectivity index is 2.20. The van der Waals surface area contributed by atoms with Crippen molar-refractivity contribution in [1.29, 1.82) is 0 Å². The summed E-state index contributed by atoms with van der Waals surface area (Å²) in [5.41, 5.74) is 9.76. The second-order valence-electron chi connectivity index (χ2n) is 4.62. The van der Waals surface area contributed by atoms with Gasteiger partial charge in [-0.3, -0.25) is 4.68 Å². The third-order valence-corrected chi connectivity index (χ3v) is 3.07. The number of aromatic nitrogens is 5. The molecule has 0 unspecified atom stereocenters. The zero-order valence-electron chi connectivity index (χ0n) is 11.0. The number of nitrogens with zero attached hydrogens (tertiary/aromatic N) is 5. The molecule has 3 aromatic rings. The van der Waals surface area contributed by atoms with Crippen molar-refractivity contribution < 1.29 is 0 Å². The molecular weight excluding hydrogens is 240 g/mol. The van der Waals surface area contributed by atoms with Crippen LogP contribution in [0, 0.1) is 0 Å². The van der Waals surface area contributed by atoms with Crippen LogP contribution in [0.3, 0.4) is 0 Å². The van der Waals surface area contributed by atoms with Crippen LogP contribution in [-0.4, -0.2) is 24.4 Å². The Morgan fingerprint density at radius 1 is 1.26 bits per heavy atom. The fraction of sp³-hybridized carbons (Fsp3) is 0.308. The first-order valence-electron chi connectivity index (χ1n) is 6.31. The van der Waals surface area contributed by atoms with E-state index in [0.717, 1.165) is 35.3 Å². The van der Waals surface area contributed by atoms with Gasteiger partial charge < -0.3 is 5.73 Å². The summed E-state index contributed by atoms with van der Waals surface area (Å²) in [5, 5.41) is 8.48. The second kappa shape index (κ2) is 4.38. The lowest BCUT2D eigenvalue weighted by Gasteiger charge is -2.04. The normalized spacial score (nSPS) is 11.3. The molecule has 3 heterocycles. The minimum absolute atomic E-state index is 0.614.